The van der Waals surface area contributed by atoms with Gasteiger partial charge in [0.1, 0.15) is 11.3 Å². The van der Waals surface area contributed by atoms with Crippen LogP contribution in [0.25, 0.3) is 0 Å². The molecule has 3 rings (SSSR count). The van der Waals surface area contributed by atoms with Crippen LogP contribution in [0.5, 0.6) is 0 Å². The normalized spacial score (nSPS) is 16.6. The predicted molar refractivity (Wildman–Crippen MR) is 123 cm³/mol. The van der Waals surface area contributed by atoms with Crippen molar-refractivity contribution in [3.63, 3.8) is 0 Å². The van der Waals surface area contributed by atoms with Crippen LogP contribution in [0.15, 0.2) is 27.8 Å². The van der Waals surface area contributed by atoms with Gasteiger partial charge in [0, 0.05) is 37.3 Å². The van der Waals surface area contributed by atoms with E-state index in [-0.39, 0.29) is 25.5 Å². The molecule has 0 aromatic carbocycles. The number of hydrogen-bond acceptors (Lipinski definition) is 7. The lowest BCUT2D eigenvalue weighted by Crippen LogP contribution is -2.55. The molecule has 1 atom stereocenters. The smallest absolute Gasteiger partial charge is 0.410 e. The van der Waals surface area contributed by atoms with Gasteiger partial charge < -0.3 is 19.9 Å². The standard InChI is InChI=1S/C19H24BrN5O3S.CH4/c1-12-10-24(7-8-25(12)18(27)28-19(2,3)4)15-5-6-21-9-13(15)22-16(26)14-11-29-17(20)23-14;/h5-6,9,11-12H,7-8,10H2,1-4H3,(H,22,26);1H4/t12-;/m0./s1. The van der Waals surface area contributed by atoms with Crippen molar-refractivity contribution in [1.29, 1.82) is 0 Å². The second-order valence-electron chi connectivity index (χ2n) is 7.80. The lowest BCUT2D eigenvalue weighted by Gasteiger charge is -2.41. The molecule has 1 fully saturated rings. The molecule has 0 bridgehead atoms. The molecule has 2 aromatic rings. The van der Waals surface area contributed by atoms with E-state index < -0.39 is 5.60 Å². The van der Waals surface area contributed by atoms with Crippen LogP contribution in [-0.2, 0) is 4.74 Å². The summed E-state index contributed by atoms with van der Waals surface area (Å²) in [5.41, 5.74) is 1.29. The Kier molecular flexibility index (Phi) is 7.81. The number of carbonyl (C=O) groups is 2. The molecule has 10 heteroatoms. The highest BCUT2D eigenvalue weighted by atomic mass is 79.9. The SMILES string of the molecule is C.C[C@H]1CN(c2ccncc2NC(=O)c2csc(Br)n2)CCN1C(=O)OC(C)(C)C. The Balaban J connectivity index is 0.00000320. The number of amides is 2. The van der Waals surface area contributed by atoms with Gasteiger partial charge in [0.05, 0.1) is 17.6 Å². The van der Waals surface area contributed by atoms with Crippen molar-refractivity contribution in [1.82, 2.24) is 14.9 Å². The average Bonchev–Trinajstić information content (AvgIpc) is 3.07. The molecule has 0 spiro atoms. The Morgan fingerprint density at radius 2 is 2.07 bits per heavy atom. The highest BCUT2D eigenvalue weighted by Crippen LogP contribution is 2.28. The number of hydrogen-bond donors (Lipinski definition) is 1. The highest BCUT2D eigenvalue weighted by molar-refractivity contribution is 9.11. The van der Waals surface area contributed by atoms with Crippen LogP contribution < -0.4 is 10.2 Å². The quantitative estimate of drug-likeness (QED) is 0.664. The summed E-state index contributed by atoms with van der Waals surface area (Å²) in [6.07, 6.45) is 3.01. The molecule has 8 nitrogen and oxygen atoms in total. The minimum atomic E-state index is -0.527. The molecule has 0 radical (unpaired) electrons. The molecule has 3 heterocycles. The number of thiazole rings is 1. The third-order valence-electron chi connectivity index (χ3n) is 4.35. The van der Waals surface area contributed by atoms with E-state index in [1.807, 2.05) is 33.8 Å². The zero-order valence-corrected chi connectivity index (χ0v) is 19.2. The van der Waals surface area contributed by atoms with Crippen molar-refractivity contribution < 1.29 is 14.3 Å². The van der Waals surface area contributed by atoms with Crippen LogP contribution in [0, 0.1) is 0 Å². The molecule has 1 aliphatic heterocycles. The van der Waals surface area contributed by atoms with Crippen molar-refractivity contribution in [2.45, 2.75) is 46.8 Å². The van der Waals surface area contributed by atoms with E-state index in [0.29, 0.717) is 34.9 Å². The Morgan fingerprint density at radius 3 is 2.67 bits per heavy atom. The number of anilines is 2. The number of piperazine rings is 1. The fourth-order valence-corrected chi connectivity index (χ4v) is 4.06. The summed E-state index contributed by atoms with van der Waals surface area (Å²) in [6, 6.07) is 1.83. The minimum Gasteiger partial charge on any atom is -0.444 e. The molecule has 0 unspecified atom stereocenters. The summed E-state index contributed by atoms with van der Waals surface area (Å²) in [5.74, 6) is -0.290. The maximum atomic E-state index is 12.5. The van der Waals surface area contributed by atoms with Crippen molar-refractivity contribution in [2.75, 3.05) is 29.9 Å². The molecular formula is C20H28BrN5O3S. The van der Waals surface area contributed by atoms with E-state index in [9.17, 15) is 9.59 Å². The topological polar surface area (TPSA) is 87.7 Å². The number of aromatic nitrogens is 2. The molecule has 164 valence electrons. The summed E-state index contributed by atoms with van der Waals surface area (Å²) in [6.45, 7) is 9.34. The van der Waals surface area contributed by atoms with Crippen LogP contribution in [0.1, 0.15) is 45.6 Å². The van der Waals surface area contributed by atoms with Gasteiger partial charge in [0.25, 0.3) is 5.91 Å². The van der Waals surface area contributed by atoms with Crippen LogP contribution in [0.3, 0.4) is 0 Å². The summed E-state index contributed by atoms with van der Waals surface area (Å²) in [7, 11) is 0. The predicted octanol–water partition coefficient (Wildman–Crippen LogP) is 4.63. The lowest BCUT2D eigenvalue weighted by atomic mass is 10.1. The number of nitrogens with zero attached hydrogens (tertiary/aromatic N) is 4. The summed E-state index contributed by atoms with van der Waals surface area (Å²) < 4.78 is 6.16. The van der Waals surface area contributed by atoms with Crippen LogP contribution in [0.4, 0.5) is 16.2 Å². The Hall–Kier alpha value is -2.20. The van der Waals surface area contributed by atoms with Gasteiger partial charge in [-0.25, -0.2) is 9.78 Å². The Bertz CT molecular complexity index is 899. The first-order valence-corrected chi connectivity index (χ1v) is 10.9. The monoisotopic (exact) mass is 497 g/mol. The number of pyridine rings is 1. The first kappa shape index (κ1) is 24.1. The fraction of sp³-hybridized carbons (Fsp3) is 0.500. The molecule has 0 saturated carbocycles. The zero-order valence-electron chi connectivity index (χ0n) is 16.8. The second kappa shape index (κ2) is 9.74. The van der Waals surface area contributed by atoms with Crippen LogP contribution in [0.2, 0.25) is 0 Å². The Morgan fingerprint density at radius 1 is 1.33 bits per heavy atom. The van der Waals surface area contributed by atoms with E-state index in [4.69, 9.17) is 4.74 Å². The van der Waals surface area contributed by atoms with Gasteiger partial charge in [-0.1, -0.05) is 7.43 Å². The number of carbonyl (C=O) groups excluding carboxylic acids is 2. The first-order chi connectivity index (χ1) is 13.6. The van der Waals surface area contributed by atoms with E-state index >= 15 is 0 Å². The molecule has 1 saturated heterocycles. The maximum absolute atomic E-state index is 12.5. The number of nitrogens with one attached hydrogen (secondary N) is 1. The molecule has 30 heavy (non-hydrogen) atoms. The summed E-state index contributed by atoms with van der Waals surface area (Å²) >= 11 is 4.62. The third kappa shape index (κ3) is 5.91. The van der Waals surface area contributed by atoms with Gasteiger partial charge in [0.15, 0.2) is 3.92 Å². The molecule has 1 N–H and O–H groups in total. The number of ether oxygens (including phenoxy) is 1. The second-order valence-corrected chi connectivity index (χ2v) is 9.94. The number of rotatable bonds is 3. The molecular weight excluding hydrogens is 470 g/mol. The average molecular weight is 498 g/mol. The number of halogens is 1. The maximum Gasteiger partial charge on any atom is 0.410 e. The molecule has 0 aliphatic carbocycles. The highest BCUT2D eigenvalue weighted by Gasteiger charge is 2.31. The van der Waals surface area contributed by atoms with Gasteiger partial charge >= 0.3 is 6.09 Å². The van der Waals surface area contributed by atoms with Gasteiger partial charge in [-0.2, -0.15) is 0 Å². The Labute approximate surface area is 189 Å². The van der Waals surface area contributed by atoms with Gasteiger partial charge in [-0.3, -0.25) is 9.78 Å². The van der Waals surface area contributed by atoms with Crippen molar-refractivity contribution in [2.24, 2.45) is 0 Å². The molecule has 2 amide bonds. The third-order valence-corrected chi connectivity index (χ3v) is 5.72. The zero-order chi connectivity index (χ0) is 21.2. The fourth-order valence-electron chi connectivity index (χ4n) is 3.07. The van der Waals surface area contributed by atoms with Crippen LogP contribution >= 0.6 is 27.3 Å². The van der Waals surface area contributed by atoms with Crippen LogP contribution in [-0.4, -0.2) is 58.1 Å². The molecule has 1 aliphatic rings. The van der Waals surface area contributed by atoms with Gasteiger partial charge in [-0.05, 0) is 49.7 Å². The summed E-state index contributed by atoms with van der Waals surface area (Å²) in [4.78, 5) is 37.1. The van der Waals surface area contributed by atoms with Crippen molar-refractivity contribution in [3.05, 3.63) is 33.5 Å². The molecule has 2 aromatic heterocycles. The van der Waals surface area contributed by atoms with E-state index in [1.165, 1.54) is 11.3 Å². The summed E-state index contributed by atoms with van der Waals surface area (Å²) in [5, 5.41) is 4.58. The largest absolute Gasteiger partial charge is 0.444 e. The van der Waals surface area contributed by atoms with Crippen molar-refractivity contribution in [3.8, 4) is 0 Å². The minimum absolute atomic E-state index is 0. The van der Waals surface area contributed by atoms with Gasteiger partial charge in [0.2, 0.25) is 0 Å². The first-order valence-electron chi connectivity index (χ1n) is 9.25. The van der Waals surface area contributed by atoms with E-state index in [1.54, 1.807) is 22.7 Å². The van der Waals surface area contributed by atoms with Crippen molar-refractivity contribution >= 4 is 50.6 Å². The van der Waals surface area contributed by atoms with E-state index in [0.717, 1.165) is 5.69 Å². The lowest BCUT2D eigenvalue weighted by molar-refractivity contribution is 0.0159. The van der Waals surface area contributed by atoms with E-state index in [2.05, 4.69) is 36.1 Å². The van der Waals surface area contributed by atoms with Gasteiger partial charge in [-0.15, -0.1) is 11.3 Å².